The van der Waals surface area contributed by atoms with Crippen LogP contribution in [0.2, 0.25) is 0 Å². The lowest BCUT2D eigenvalue weighted by atomic mass is 9.86. The molecule has 2 aliphatic rings. The summed E-state index contributed by atoms with van der Waals surface area (Å²) in [6.45, 7) is 3.92. The van der Waals surface area contributed by atoms with E-state index in [1.165, 1.54) is 16.2 Å². The highest BCUT2D eigenvalue weighted by atomic mass is 16.3. The van der Waals surface area contributed by atoms with Crippen molar-refractivity contribution in [2.45, 2.75) is 31.5 Å². The number of quaternary nitrogens is 1. The second-order valence-corrected chi connectivity index (χ2v) is 5.63. The van der Waals surface area contributed by atoms with Gasteiger partial charge in [0.15, 0.2) is 6.23 Å². The topological polar surface area (TPSA) is 65.8 Å². The van der Waals surface area contributed by atoms with Crippen LogP contribution in [0.5, 0.6) is 0 Å². The number of nitrogens with one attached hydrogen (secondary N) is 3. The lowest BCUT2D eigenvalue weighted by Gasteiger charge is -2.37. The number of rotatable bonds is 1. The molecule has 1 unspecified atom stereocenters. The number of hydrogen-bond donors (Lipinski definition) is 4. The van der Waals surface area contributed by atoms with Crippen molar-refractivity contribution in [2.24, 2.45) is 0 Å². The first-order chi connectivity index (χ1) is 9.09. The Bertz CT molecular complexity index is 478. The molecule has 1 aromatic carbocycles. The van der Waals surface area contributed by atoms with Gasteiger partial charge in [0.25, 0.3) is 0 Å². The summed E-state index contributed by atoms with van der Waals surface area (Å²) >= 11 is 0. The molecule has 4 N–H and O–H groups in total. The molecule has 1 aromatic rings. The summed E-state index contributed by atoms with van der Waals surface area (Å²) in [7, 11) is 0. The molecule has 19 heavy (non-hydrogen) atoms. The van der Waals surface area contributed by atoms with Gasteiger partial charge in [0.2, 0.25) is 0 Å². The fourth-order valence-electron chi connectivity index (χ4n) is 3.07. The lowest BCUT2D eigenvalue weighted by Crippen LogP contribution is -3.09. The van der Waals surface area contributed by atoms with Crippen molar-refractivity contribution in [1.82, 2.24) is 10.6 Å². The number of urea groups is 1. The van der Waals surface area contributed by atoms with Crippen LogP contribution in [0.3, 0.4) is 0 Å². The molecule has 2 saturated heterocycles. The minimum atomic E-state index is -0.764. The largest absolute Gasteiger partial charge is 0.371 e. The van der Waals surface area contributed by atoms with Crippen LogP contribution in [-0.2, 0) is 0 Å². The van der Waals surface area contributed by atoms with Crippen molar-refractivity contribution in [2.75, 3.05) is 13.1 Å². The Morgan fingerprint density at radius 1 is 1.26 bits per heavy atom. The molecule has 1 spiro atoms. The molecule has 0 radical (unpaired) electrons. The molecule has 2 amide bonds. The number of hydrogen-bond acceptors (Lipinski definition) is 2. The molecule has 0 aromatic heterocycles. The number of aryl methyl sites for hydroxylation is 1. The highest BCUT2D eigenvalue weighted by Crippen LogP contribution is 2.24. The second-order valence-electron chi connectivity index (χ2n) is 5.63. The van der Waals surface area contributed by atoms with E-state index in [9.17, 15) is 9.90 Å². The molecule has 5 nitrogen and oxygen atoms in total. The number of piperidine rings is 1. The van der Waals surface area contributed by atoms with Crippen LogP contribution in [-0.4, -0.2) is 36.0 Å². The first-order valence-electron chi connectivity index (χ1n) is 6.78. The van der Waals surface area contributed by atoms with E-state index in [1.54, 1.807) is 0 Å². The van der Waals surface area contributed by atoms with Crippen molar-refractivity contribution < 1.29 is 14.8 Å². The Hall–Kier alpha value is -1.59. The molecule has 1 atom stereocenters. The normalized spacial score (nSPS) is 34.1. The van der Waals surface area contributed by atoms with E-state index in [1.807, 2.05) is 0 Å². The highest BCUT2D eigenvalue weighted by Gasteiger charge is 2.49. The zero-order valence-corrected chi connectivity index (χ0v) is 11.1. The molecule has 0 bridgehead atoms. The Morgan fingerprint density at radius 2 is 1.89 bits per heavy atom. The molecule has 5 heteroatoms. The van der Waals surface area contributed by atoms with Gasteiger partial charge in [0.1, 0.15) is 5.69 Å². The van der Waals surface area contributed by atoms with Crippen LogP contribution in [0.1, 0.15) is 18.4 Å². The van der Waals surface area contributed by atoms with E-state index in [0.717, 1.165) is 25.9 Å². The fraction of sp³-hybridized carbons (Fsp3) is 0.500. The first kappa shape index (κ1) is 12.4. The summed E-state index contributed by atoms with van der Waals surface area (Å²) in [6.07, 6.45) is 0.811. The quantitative estimate of drug-likeness (QED) is 0.560. The molecule has 102 valence electrons. The fourth-order valence-corrected chi connectivity index (χ4v) is 3.07. The SMILES string of the molecule is Cc1ccc([NH+]2CCC3(CC2)NC(=O)NC3O)cc1. The van der Waals surface area contributed by atoms with Gasteiger partial charge in [-0.3, -0.25) is 0 Å². The minimum absolute atomic E-state index is 0.258. The number of aliphatic hydroxyl groups is 1. The summed E-state index contributed by atoms with van der Waals surface area (Å²) < 4.78 is 0. The van der Waals surface area contributed by atoms with Crippen LogP contribution < -0.4 is 15.5 Å². The summed E-state index contributed by atoms with van der Waals surface area (Å²) in [5.41, 5.74) is 2.08. The van der Waals surface area contributed by atoms with Gasteiger partial charge < -0.3 is 20.6 Å². The third kappa shape index (κ3) is 2.19. The van der Waals surface area contributed by atoms with Gasteiger partial charge in [-0.25, -0.2) is 4.79 Å². The molecule has 3 rings (SSSR count). The number of aliphatic hydroxyl groups excluding tert-OH is 1. The third-order valence-corrected chi connectivity index (χ3v) is 4.36. The van der Waals surface area contributed by atoms with Crippen molar-refractivity contribution in [3.63, 3.8) is 0 Å². The Kier molecular flexibility index (Phi) is 2.95. The van der Waals surface area contributed by atoms with Gasteiger partial charge in [0.05, 0.1) is 18.6 Å². The summed E-state index contributed by atoms with van der Waals surface area (Å²) in [6, 6.07) is 8.31. The number of carbonyl (C=O) groups excluding carboxylic acids is 1. The van der Waals surface area contributed by atoms with Crippen molar-refractivity contribution in [3.8, 4) is 0 Å². The molecular weight excluding hydrogens is 242 g/mol. The second kappa shape index (κ2) is 4.51. The zero-order chi connectivity index (χ0) is 13.5. The maximum atomic E-state index is 11.3. The van der Waals surface area contributed by atoms with E-state index < -0.39 is 11.8 Å². The summed E-state index contributed by atoms with van der Waals surface area (Å²) in [5, 5.41) is 15.4. The molecule has 2 aliphatic heterocycles. The van der Waals surface area contributed by atoms with Gasteiger partial charge in [-0.05, 0) is 19.1 Å². The average molecular weight is 262 g/mol. The Morgan fingerprint density at radius 3 is 2.42 bits per heavy atom. The third-order valence-electron chi connectivity index (χ3n) is 4.36. The van der Waals surface area contributed by atoms with Gasteiger partial charge in [0, 0.05) is 12.8 Å². The number of benzene rings is 1. The van der Waals surface area contributed by atoms with Gasteiger partial charge >= 0.3 is 6.03 Å². The predicted molar refractivity (Wildman–Crippen MR) is 71.2 cm³/mol. The lowest BCUT2D eigenvalue weighted by molar-refractivity contribution is -0.840. The minimum Gasteiger partial charge on any atom is -0.371 e. The van der Waals surface area contributed by atoms with Crippen LogP contribution >= 0.6 is 0 Å². The van der Waals surface area contributed by atoms with E-state index in [4.69, 9.17) is 0 Å². The summed E-state index contributed by atoms with van der Waals surface area (Å²) in [4.78, 5) is 12.7. The number of amides is 2. The molecule has 2 fully saturated rings. The monoisotopic (exact) mass is 262 g/mol. The predicted octanol–water partition coefficient (Wildman–Crippen LogP) is -0.325. The van der Waals surface area contributed by atoms with E-state index in [-0.39, 0.29) is 6.03 Å². The van der Waals surface area contributed by atoms with E-state index >= 15 is 0 Å². The van der Waals surface area contributed by atoms with E-state index in [2.05, 4.69) is 41.8 Å². The standard InChI is InChI=1S/C14H19N3O2/c1-10-2-4-11(5-3-10)17-8-6-14(7-9-17)12(18)15-13(19)16-14/h2-5,12,18H,6-9H2,1H3,(H2,15,16,19)/p+1. The molecule has 2 heterocycles. The van der Waals surface area contributed by atoms with Crippen LogP contribution in [0.15, 0.2) is 24.3 Å². The smallest absolute Gasteiger partial charge is 0.317 e. The Balaban J connectivity index is 1.69. The maximum Gasteiger partial charge on any atom is 0.317 e. The molecule has 0 saturated carbocycles. The first-order valence-corrected chi connectivity index (χ1v) is 6.78. The van der Waals surface area contributed by atoms with Gasteiger partial charge in [-0.15, -0.1) is 0 Å². The zero-order valence-electron chi connectivity index (χ0n) is 11.1. The Labute approximate surface area is 112 Å². The van der Waals surface area contributed by atoms with Crippen molar-refractivity contribution >= 4 is 11.7 Å². The van der Waals surface area contributed by atoms with E-state index in [0.29, 0.717) is 0 Å². The van der Waals surface area contributed by atoms with Gasteiger partial charge in [-0.2, -0.15) is 0 Å². The van der Waals surface area contributed by atoms with Crippen molar-refractivity contribution in [3.05, 3.63) is 29.8 Å². The van der Waals surface area contributed by atoms with Crippen LogP contribution in [0.25, 0.3) is 0 Å². The molecule has 0 aliphatic carbocycles. The average Bonchev–Trinajstić information content (AvgIpc) is 2.66. The summed E-state index contributed by atoms with van der Waals surface area (Å²) in [5.74, 6) is 0. The van der Waals surface area contributed by atoms with Gasteiger partial charge in [-0.1, -0.05) is 17.7 Å². The highest BCUT2D eigenvalue weighted by molar-refractivity contribution is 5.78. The van der Waals surface area contributed by atoms with Crippen LogP contribution in [0.4, 0.5) is 10.5 Å². The maximum absolute atomic E-state index is 11.3. The number of carbonyl (C=O) groups is 1. The van der Waals surface area contributed by atoms with Crippen LogP contribution in [0, 0.1) is 6.92 Å². The molecular formula is C14H20N3O2+. The van der Waals surface area contributed by atoms with Crippen molar-refractivity contribution in [1.29, 1.82) is 0 Å².